The average molecular weight is 293 g/mol. The number of halogens is 3. The van der Waals surface area contributed by atoms with Crippen LogP contribution >= 0.6 is 11.6 Å². The first-order valence-corrected chi connectivity index (χ1v) is 6.30. The summed E-state index contributed by atoms with van der Waals surface area (Å²) in [5, 5.41) is 12.1. The van der Waals surface area contributed by atoms with Gasteiger partial charge in [-0.3, -0.25) is 0 Å². The number of rotatable bonds is 3. The predicted octanol–water partition coefficient (Wildman–Crippen LogP) is 4.66. The third-order valence-corrected chi connectivity index (χ3v) is 3.21. The highest BCUT2D eigenvalue weighted by molar-refractivity contribution is 6.30. The summed E-state index contributed by atoms with van der Waals surface area (Å²) in [6.45, 7) is 1.84. The monoisotopic (exact) mass is 292 g/mol. The van der Waals surface area contributed by atoms with Crippen LogP contribution in [0.15, 0.2) is 36.4 Å². The maximum absolute atomic E-state index is 13.1. The lowest BCUT2D eigenvalue weighted by molar-refractivity contribution is 0.626. The number of hydrogen-bond donors (Lipinski definition) is 1. The molecule has 102 valence electrons. The summed E-state index contributed by atoms with van der Waals surface area (Å²) in [5.74, 6) is -0.952. The molecule has 0 aliphatic rings. The molecule has 0 heterocycles. The topological polar surface area (TPSA) is 35.8 Å². The first-order valence-electron chi connectivity index (χ1n) is 5.92. The molecule has 2 rings (SSSR count). The largest absolute Gasteiger partial charge is 0.377 e. The second-order valence-corrected chi connectivity index (χ2v) is 4.75. The van der Waals surface area contributed by atoms with Gasteiger partial charge in [-0.25, -0.2) is 8.78 Å². The van der Waals surface area contributed by atoms with E-state index in [0.717, 1.165) is 11.6 Å². The zero-order chi connectivity index (χ0) is 14.7. The van der Waals surface area contributed by atoms with E-state index in [-0.39, 0.29) is 16.6 Å². The highest BCUT2D eigenvalue weighted by atomic mass is 35.5. The van der Waals surface area contributed by atoms with E-state index in [4.69, 9.17) is 16.9 Å². The number of anilines is 1. The van der Waals surface area contributed by atoms with Crippen LogP contribution in [0.4, 0.5) is 14.5 Å². The summed E-state index contributed by atoms with van der Waals surface area (Å²) < 4.78 is 26.2. The van der Waals surface area contributed by atoms with Crippen LogP contribution in [0.2, 0.25) is 5.02 Å². The van der Waals surface area contributed by atoms with Crippen molar-refractivity contribution in [2.75, 3.05) is 5.32 Å². The van der Waals surface area contributed by atoms with Gasteiger partial charge in [0.05, 0.1) is 16.3 Å². The molecule has 0 spiro atoms. The summed E-state index contributed by atoms with van der Waals surface area (Å²) in [4.78, 5) is 0. The first kappa shape index (κ1) is 14.3. The molecule has 0 aromatic heterocycles. The predicted molar refractivity (Wildman–Crippen MR) is 74.6 cm³/mol. The highest BCUT2D eigenvalue weighted by Crippen LogP contribution is 2.25. The lowest BCUT2D eigenvalue weighted by atomic mass is 10.1. The second-order valence-electron chi connectivity index (χ2n) is 4.34. The fraction of sp³-hybridized carbons (Fsp3) is 0.133. The molecule has 0 saturated heterocycles. The van der Waals surface area contributed by atoms with Crippen molar-refractivity contribution in [3.63, 3.8) is 0 Å². The summed E-state index contributed by atoms with van der Waals surface area (Å²) in [6.07, 6.45) is 0. The number of nitriles is 1. The fourth-order valence-electron chi connectivity index (χ4n) is 1.83. The molecule has 2 aromatic rings. The van der Waals surface area contributed by atoms with Crippen molar-refractivity contribution in [1.29, 1.82) is 5.26 Å². The van der Waals surface area contributed by atoms with E-state index in [0.29, 0.717) is 5.69 Å². The summed E-state index contributed by atoms with van der Waals surface area (Å²) >= 11 is 5.74. The fourth-order valence-corrected chi connectivity index (χ4v) is 2.02. The Morgan fingerprint density at radius 2 is 1.95 bits per heavy atom. The Morgan fingerprint density at radius 3 is 2.60 bits per heavy atom. The standard InChI is InChI=1S/C15H11ClF2N2/c1-9(10-2-4-14(18)13(16)7-10)20-15-5-3-12(17)6-11(15)8-19/h2-7,9,20H,1H3. The van der Waals surface area contributed by atoms with Crippen LogP contribution in [-0.4, -0.2) is 0 Å². The molecule has 0 fully saturated rings. The van der Waals surface area contributed by atoms with Crippen LogP contribution in [0.25, 0.3) is 0 Å². The highest BCUT2D eigenvalue weighted by Gasteiger charge is 2.11. The van der Waals surface area contributed by atoms with Crippen molar-refractivity contribution < 1.29 is 8.78 Å². The Hall–Kier alpha value is -2.12. The summed E-state index contributed by atoms with van der Waals surface area (Å²) in [7, 11) is 0. The van der Waals surface area contributed by atoms with Gasteiger partial charge in [0.2, 0.25) is 0 Å². The van der Waals surface area contributed by atoms with Gasteiger partial charge in [0, 0.05) is 6.04 Å². The lowest BCUT2D eigenvalue weighted by Crippen LogP contribution is -2.08. The normalized spacial score (nSPS) is 11.8. The van der Waals surface area contributed by atoms with E-state index < -0.39 is 11.6 Å². The van der Waals surface area contributed by atoms with E-state index in [9.17, 15) is 8.78 Å². The van der Waals surface area contributed by atoms with Crippen LogP contribution in [0.5, 0.6) is 0 Å². The third kappa shape index (κ3) is 3.06. The number of benzene rings is 2. The van der Waals surface area contributed by atoms with Gasteiger partial charge in [0.1, 0.15) is 17.7 Å². The maximum atomic E-state index is 13.1. The minimum absolute atomic E-state index is 0.0377. The SMILES string of the molecule is CC(Nc1ccc(F)cc1C#N)c1ccc(F)c(Cl)c1. The van der Waals surface area contributed by atoms with E-state index in [1.165, 1.54) is 24.3 Å². The van der Waals surface area contributed by atoms with Crippen LogP contribution < -0.4 is 5.32 Å². The van der Waals surface area contributed by atoms with E-state index in [1.807, 2.05) is 13.0 Å². The smallest absolute Gasteiger partial charge is 0.141 e. The zero-order valence-corrected chi connectivity index (χ0v) is 11.4. The number of nitrogens with one attached hydrogen (secondary N) is 1. The molecule has 2 aromatic carbocycles. The van der Waals surface area contributed by atoms with Gasteiger partial charge in [-0.15, -0.1) is 0 Å². The molecule has 0 saturated carbocycles. The molecule has 2 nitrogen and oxygen atoms in total. The molecule has 0 aliphatic carbocycles. The molecule has 0 radical (unpaired) electrons. The molecule has 0 aliphatic heterocycles. The Bertz CT molecular complexity index is 680. The van der Waals surface area contributed by atoms with Gasteiger partial charge >= 0.3 is 0 Å². The minimum Gasteiger partial charge on any atom is -0.377 e. The lowest BCUT2D eigenvalue weighted by Gasteiger charge is -2.17. The van der Waals surface area contributed by atoms with Crippen molar-refractivity contribution in [1.82, 2.24) is 0 Å². The van der Waals surface area contributed by atoms with Crippen molar-refractivity contribution in [2.45, 2.75) is 13.0 Å². The first-order chi connectivity index (χ1) is 9.51. The van der Waals surface area contributed by atoms with Gasteiger partial charge in [-0.2, -0.15) is 5.26 Å². The molecular weight excluding hydrogens is 282 g/mol. The zero-order valence-electron chi connectivity index (χ0n) is 10.6. The molecule has 5 heteroatoms. The van der Waals surface area contributed by atoms with Crippen molar-refractivity contribution in [3.05, 3.63) is 64.2 Å². The molecule has 20 heavy (non-hydrogen) atoms. The van der Waals surface area contributed by atoms with Crippen molar-refractivity contribution >= 4 is 17.3 Å². The van der Waals surface area contributed by atoms with Gasteiger partial charge in [-0.1, -0.05) is 17.7 Å². The number of hydrogen-bond acceptors (Lipinski definition) is 2. The van der Waals surface area contributed by atoms with E-state index in [2.05, 4.69) is 5.32 Å². The molecule has 0 bridgehead atoms. The minimum atomic E-state index is -0.484. The summed E-state index contributed by atoms with van der Waals surface area (Å²) in [5.41, 5.74) is 1.50. The summed E-state index contributed by atoms with van der Waals surface area (Å²) in [6, 6.07) is 10.1. The van der Waals surface area contributed by atoms with Gasteiger partial charge in [0.25, 0.3) is 0 Å². The third-order valence-electron chi connectivity index (χ3n) is 2.92. The Labute approximate surface area is 120 Å². The quantitative estimate of drug-likeness (QED) is 0.893. The van der Waals surface area contributed by atoms with Crippen LogP contribution in [0.1, 0.15) is 24.1 Å². The molecule has 1 N–H and O–H groups in total. The van der Waals surface area contributed by atoms with Crippen LogP contribution in [-0.2, 0) is 0 Å². The van der Waals surface area contributed by atoms with E-state index >= 15 is 0 Å². The molecule has 1 unspecified atom stereocenters. The van der Waals surface area contributed by atoms with Crippen molar-refractivity contribution in [3.8, 4) is 6.07 Å². The van der Waals surface area contributed by atoms with Crippen LogP contribution in [0, 0.1) is 23.0 Å². The van der Waals surface area contributed by atoms with Gasteiger partial charge < -0.3 is 5.32 Å². The molecular formula is C15H11ClF2N2. The maximum Gasteiger partial charge on any atom is 0.141 e. The van der Waals surface area contributed by atoms with Gasteiger partial charge in [-0.05, 0) is 42.8 Å². The van der Waals surface area contributed by atoms with Crippen LogP contribution in [0.3, 0.4) is 0 Å². The Kier molecular flexibility index (Phi) is 4.21. The molecule has 0 amide bonds. The van der Waals surface area contributed by atoms with Gasteiger partial charge in [0.15, 0.2) is 0 Å². The molecule has 1 atom stereocenters. The average Bonchev–Trinajstić information content (AvgIpc) is 2.43. The number of nitrogens with zero attached hydrogens (tertiary/aromatic N) is 1. The Morgan fingerprint density at radius 1 is 1.20 bits per heavy atom. The Balaban J connectivity index is 2.25. The second kappa shape index (κ2) is 5.89. The van der Waals surface area contributed by atoms with Crippen molar-refractivity contribution in [2.24, 2.45) is 0 Å². The van der Waals surface area contributed by atoms with E-state index in [1.54, 1.807) is 6.07 Å².